The molecule has 1 aliphatic rings. The van der Waals surface area contributed by atoms with E-state index in [-0.39, 0.29) is 5.56 Å². The second kappa shape index (κ2) is 4.42. The quantitative estimate of drug-likeness (QED) is 0.767. The van der Waals surface area contributed by atoms with Gasteiger partial charge < -0.3 is 5.11 Å². The fourth-order valence-electron chi connectivity index (χ4n) is 2.25. The van der Waals surface area contributed by atoms with Crippen molar-refractivity contribution in [2.24, 2.45) is 0 Å². The Balaban J connectivity index is 2.65. The summed E-state index contributed by atoms with van der Waals surface area (Å²) in [5.74, 6) is -0.936. The molecular weight excluding hydrogens is 226 g/mol. The zero-order valence-corrected chi connectivity index (χ0v) is 9.97. The van der Waals surface area contributed by atoms with Crippen molar-refractivity contribution in [2.75, 3.05) is 0 Å². The third-order valence-electron chi connectivity index (χ3n) is 3.04. The Kier molecular flexibility index (Phi) is 3.15. The van der Waals surface area contributed by atoms with Crippen LogP contribution in [0.2, 0.25) is 5.02 Å². The van der Waals surface area contributed by atoms with Crippen molar-refractivity contribution in [2.45, 2.75) is 39.0 Å². The molecule has 1 heterocycles. The van der Waals surface area contributed by atoms with Gasteiger partial charge in [-0.2, -0.15) is 0 Å². The van der Waals surface area contributed by atoms with Crippen LogP contribution < -0.4 is 0 Å². The Morgan fingerprint density at radius 2 is 2.00 bits per heavy atom. The summed E-state index contributed by atoms with van der Waals surface area (Å²) in [5, 5.41) is 9.52. The highest BCUT2D eigenvalue weighted by Crippen LogP contribution is 2.29. The molecular formula is C12H14ClNO2. The zero-order valence-electron chi connectivity index (χ0n) is 9.22. The number of hydrogen-bond acceptors (Lipinski definition) is 2. The lowest BCUT2D eigenvalue weighted by atomic mass is 10.0. The number of halogens is 1. The van der Waals surface area contributed by atoms with Gasteiger partial charge in [0, 0.05) is 5.69 Å². The second-order valence-corrected chi connectivity index (χ2v) is 4.56. The Morgan fingerprint density at radius 3 is 2.69 bits per heavy atom. The minimum Gasteiger partial charge on any atom is -0.478 e. The van der Waals surface area contributed by atoms with E-state index in [2.05, 4.69) is 4.98 Å². The minimum atomic E-state index is -0.936. The molecule has 1 aromatic heterocycles. The van der Waals surface area contributed by atoms with Crippen molar-refractivity contribution in [3.8, 4) is 0 Å². The van der Waals surface area contributed by atoms with Gasteiger partial charge in [0.1, 0.15) is 0 Å². The van der Waals surface area contributed by atoms with Gasteiger partial charge in [-0.05, 0) is 38.2 Å². The highest BCUT2D eigenvalue weighted by atomic mass is 35.5. The predicted octanol–water partition coefficient (Wildman–Crippen LogP) is 3.01. The SMILES string of the molecule is Cc1nc2c(c(C(=O)O)c1Cl)CCCCC2. The highest BCUT2D eigenvalue weighted by molar-refractivity contribution is 6.34. The van der Waals surface area contributed by atoms with Gasteiger partial charge in [0.05, 0.1) is 16.3 Å². The highest BCUT2D eigenvalue weighted by Gasteiger charge is 2.22. The van der Waals surface area contributed by atoms with Crippen molar-refractivity contribution in [3.05, 3.63) is 27.5 Å². The fraction of sp³-hybridized carbons (Fsp3) is 0.500. The lowest BCUT2D eigenvalue weighted by molar-refractivity contribution is 0.0695. The maximum atomic E-state index is 11.2. The Morgan fingerprint density at radius 1 is 1.31 bits per heavy atom. The summed E-state index contributed by atoms with van der Waals surface area (Å²) in [6.07, 6.45) is 4.89. The first-order valence-electron chi connectivity index (χ1n) is 5.52. The summed E-state index contributed by atoms with van der Waals surface area (Å²) < 4.78 is 0. The third-order valence-corrected chi connectivity index (χ3v) is 3.51. The molecule has 0 spiro atoms. The van der Waals surface area contributed by atoms with Crippen molar-refractivity contribution in [1.29, 1.82) is 0 Å². The molecule has 2 rings (SSSR count). The lowest BCUT2D eigenvalue weighted by Gasteiger charge is -2.12. The number of aromatic carboxylic acids is 1. The number of aryl methyl sites for hydroxylation is 2. The number of carbonyl (C=O) groups is 1. The number of pyridine rings is 1. The number of hydrogen-bond donors (Lipinski definition) is 1. The topological polar surface area (TPSA) is 50.2 Å². The van der Waals surface area contributed by atoms with Crippen LogP contribution in [0, 0.1) is 6.92 Å². The Labute approximate surface area is 99.5 Å². The van der Waals surface area contributed by atoms with E-state index in [4.69, 9.17) is 11.6 Å². The van der Waals surface area contributed by atoms with E-state index >= 15 is 0 Å². The maximum Gasteiger partial charge on any atom is 0.337 e. The van der Waals surface area contributed by atoms with Crippen molar-refractivity contribution in [3.63, 3.8) is 0 Å². The van der Waals surface area contributed by atoms with Gasteiger partial charge in [-0.1, -0.05) is 18.0 Å². The molecule has 1 aliphatic carbocycles. The van der Waals surface area contributed by atoms with Crippen molar-refractivity contribution < 1.29 is 9.90 Å². The summed E-state index contributed by atoms with van der Waals surface area (Å²) in [7, 11) is 0. The maximum absolute atomic E-state index is 11.2. The number of carboxylic acids is 1. The molecule has 0 radical (unpaired) electrons. The lowest BCUT2D eigenvalue weighted by Crippen LogP contribution is -2.10. The number of carboxylic acid groups (broad SMARTS) is 1. The summed E-state index contributed by atoms with van der Waals surface area (Å²) in [5.41, 5.74) is 2.67. The largest absolute Gasteiger partial charge is 0.478 e. The number of fused-ring (bicyclic) bond motifs is 1. The molecule has 1 aromatic rings. The molecule has 16 heavy (non-hydrogen) atoms. The predicted molar refractivity (Wildman–Crippen MR) is 62.2 cm³/mol. The number of aromatic nitrogens is 1. The van der Waals surface area contributed by atoms with Gasteiger partial charge in [0.25, 0.3) is 0 Å². The smallest absolute Gasteiger partial charge is 0.337 e. The van der Waals surface area contributed by atoms with E-state index in [0.29, 0.717) is 10.7 Å². The van der Waals surface area contributed by atoms with Gasteiger partial charge in [0.15, 0.2) is 0 Å². The van der Waals surface area contributed by atoms with Gasteiger partial charge in [-0.15, -0.1) is 0 Å². The second-order valence-electron chi connectivity index (χ2n) is 4.18. The van der Waals surface area contributed by atoms with Crippen LogP contribution in [-0.4, -0.2) is 16.1 Å². The molecule has 0 fully saturated rings. The molecule has 0 bridgehead atoms. The van der Waals surface area contributed by atoms with Gasteiger partial charge in [-0.25, -0.2) is 4.79 Å². The molecule has 0 saturated carbocycles. The van der Waals surface area contributed by atoms with Crippen LogP contribution in [0.15, 0.2) is 0 Å². The molecule has 4 heteroatoms. The summed E-state index contributed by atoms with van der Waals surface area (Å²) >= 11 is 6.04. The standard InChI is InChI=1S/C12H14ClNO2/c1-7-11(13)10(12(15)16)8-5-3-2-4-6-9(8)14-7/h2-6H2,1H3,(H,15,16). The van der Waals surface area contributed by atoms with E-state index in [9.17, 15) is 9.90 Å². The monoisotopic (exact) mass is 239 g/mol. The number of rotatable bonds is 1. The molecule has 0 aliphatic heterocycles. The third kappa shape index (κ3) is 1.92. The number of nitrogens with zero attached hydrogens (tertiary/aromatic N) is 1. The zero-order chi connectivity index (χ0) is 11.7. The summed E-state index contributed by atoms with van der Waals surface area (Å²) in [4.78, 5) is 15.7. The Hall–Kier alpha value is -1.09. The first kappa shape index (κ1) is 11.4. The van der Waals surface area contributed by atoms with Crippen LogP contribution in [0.25, 0.3) is 0 Å². The average Bonchev–Trinajstić information content (AvgIpc) is 2.44. The molecule has 0 atom stereocenters. The van der Waals surface area contributed by atoms with Crippen LogP contribution in [0.5, 0.6) is 0 Å². The normalized spacial score (nSPS) is 15.4. The first-order valence-corrected chi connectivity index (χ1v) is 5.90. The molecule has 0 aromatic carbocycles. The average molecular weight is 240 g/mol. The summed E-state index contributed by atoms with van der Waals surface area (Å²) in [6, 6.07) is 0. The fourth-order valence-corrected chi connectivity index (χ4v) is 2.48. The van der Waals surface area contributed by atoms with E-state index in [0.717, 1.165) is 43.4 Å². The van der Waals surface area contributed by atoms with Crippen LogP contribution in [0.3, 0.4) is 0 Å². The van der Waals surface area contributed by atoms with Crippen LogP contribution >= 0.6 is 11.6 Å². The summed E-state index contributed by atoms with van der Waals surface area (Å²) in [6.45, 7) is 1.76. The van der Waals surface area contributed by atoms with E-state index in [1.807, 2.05) is 0 Å². The van der Waals surface area contributed by atoms with Gasteiger partial charge in [-0.3, -0.25) is 4.98 Å². The van der Waals surface area contributed by atoms with Crippen molar-refractivity contribution >= 4 is 17.6 Å². The van der Waals surface area contributed by atoms with Crippen LogP contribution in [-0.2, 0) is 12.8 Å². The molecule has 0 unspecified atom stereocenters. The van der Waals surface area contributed by atoms with Crippen LogP contribution in [0.1, 0.15) is 46.6 Å². The van der Waals surface area contributed by atoms with E-state index < -0.39 is 5.97 Å². The van der Waals surface area contributed by atoms with Gasteiger partial charge in [0.2, 0.25) is 0 Å². The van der Waals surface area contributed by atoms with E-state index in [1.165, 1.54) is 0 Å². The molecule has 86 valence electrons. The van der Waals surface area contributed by atoms with Crippen molar-refractivity contribution in [1.82, 2.24) is 4.98 Å². The van der Waals surface area contributed by atoms with Gasteiger partial charge >= 0.3 is 5.97 Å². The van der Waals surface area contributed by atoms with E-state index in [1.54, 1.807) is 6.92 Å². The molecule has 1 N–H and O–H groups in total. The molecule has 0 amide bonds. The molecule has 3 nitrogen and oxygen atoms in total. The Bertz CT molecular complexity index is 443. The van der Waals surface area contributed by atoms with Crippen LogP contribution in [0.4, 0.5) is 0 Å². The minimum absolute atomic E-state index is 0.270. The first-order chi connectivity index (χ1) is 7.61. The molecule has 0 saturated heterocycles.